The van der Waals surface area contributed by atoms with Crippen molar-refractivity contribution in [1.29, 1.82) is 0 Å². The minimum absolute atomic E-state index is 0.126. The van der Waals surface area contributed by atoms with Crippen molar-refractivity contribution in [2.75, 3.05) is 42.5 Å². The Hall–Kier alpha value is -2.85. The lowest BCUT2D eigenvalue weighted by Gasteiger charge is -2.45. The zero-order chi connectivity index (χ0) is 24.3. The Morgan fingerprint density at radius 2 is 1.97 bits per heavy atom. The molecular weight excluding hydrogens is 456 g/mol. The average molecular weight is 489 g/mol. The average Bonchev–Trinajstić information content (AvgIpc) is 3.35. The van der Waals surface area contributed by atoms with Crippen LogP contribution in [0.4, 0.5) is 11.4 Å². The summed E-state index contributed by atoms with van der Waals surface area (Å²) in [6, 6.07) is 8.23. The third-order valence-electron chi connectivity index (χ3n) is 6.52. The lowest BCUT2D eigenvalue weighted by Crippen LogP contribution is -2.57. The number of nitrogens with zero attached hydrogens (tertiary/aromatic N) is 3. The first-order chi connectivity index (χ1) is 16.4. The number of carbonyl (C=O) groups is 2. The smallest absolute Gasteiger partial charge is 0.250 e. The van der Waals surface area contributed by atoms with E-state index in [0.717, 1.165) is 30.8 Å². The maximum atomic E-state index is 13.5. The number of anilines is 2. The standard InChI is InChI=1S/C24H32N4O5S/c1-3-26(4-2)34(31,32)19-10-11-20-22(16-19)28(24(30)21-9-5-6-14-27(20)21)17-23(29)25-13-12-18-8-7-15-33-18/h7-8,10-11,15-16,21H,3-6,9,12-14,17H2,1-2H3,(H,25,29)/t21-/m0/s1. The highest BCUT2D eigenvalue weighted by Crippen LogP contribution is 2.40. The molecule has 3 heterocycles. The zero-order valence-electron chi connectivity index (χ0n) is 19.7. The Morgan fingerprint density at radius 3 is 2.68 bits per heavy atom. The molecule has 2 amide bonds. The highest BCUT2D eigenvalue weighted by Gasteiger charge is 2.40. The molecule has 10 heteroatoms. The van der Waals surface area contributed by atoms with Gasteiger partial charge in [-0.25, -0.2) is 8.42 Å². The van der Waals surface area contributed by atoms with Gasteiger partial charge in [0.25, 0.3) is 0 Å². The Bertz CT molecular complexity index is 1130. The van der Waals surface area contributed by atoms with Gasteiger partial charge in [0.15, 0.2) is 0 Å². The lowest BCUT2D eigenvalue weighted by atomic mass is 9.96. The number of benzene rings is 1. The third kappa shape index (κ3) is 4.69. The van der Waals surface area contributed by atoms with Crippen molar-refractivity contribution < 1.29 is 22.4 Å². The number of fused-ring (bicyclic) bond motifs is 3. The van der Waals surface area contributed by atoms with Crippen LogP contribution in [0, 0.1) is 0 Å². The minimum atomic E-state index is -3.71. The quantitative estimate of drug-likeness (QED) is 0.581. The van der Waals surface area contributed by atoms with Gasteiger partial charge in [0, 0.05) is 32.6 Å². The molecule has 4 rings (SSSR count). The molecule has 2 aliphatic rings. The Kier molecular flexibility index (Phi) is 7.27. The molecule has 184 valence electrons. The monoisotopic (exact) mass is 488 g/mol. The van der Waals surface area contributed by atoms with Gasteiger partial charge in [0.1, 0.15) is 18.3 Å². The number of nitrogens with one attached hydrogen (secondary N) is 1. The Balaban J connectivity index is 1.62. The van der Waals surface area contributed by atoms with Gasteiger partial charge >= 0.3 is 0 Å². The number of furan rings is 1. The number of hydrogen-bond donors (Lipinski definition) is 1. The van der Waals surface area contributed by atoms with Crippen LogP contribution in [0.15, 0.2) is 45.9 Å². The van der Waals surface area contributed by atoms with Gasteiger partial charge in [0.2, 0.25) is 21.8 Å². The SMILES string of the molecule is CCN(CC)S(=O)(=O)c1ccc2c(c1)N(CC(=O)NCCc1ccco1)C(=O)[C@@H]1CCCCN21. The summed E-state index contributed by atoms with van der Waals surface area (Å²) in [5, 5.41) is 2.84. The van der Waals surface area contributed by atoms with Gasteiger partial charge in [-0.1, -0.05) is 13.8 Å². The fourth-order valence-electron chi connectivity index (χ4n) is 4.75. The van der Waals surface area contributed by atoms with Gasteiger partial charge in [-0.05, 0) is 49.6 Å². The second-order valence-corrected chi connectivity index (χ2v) is 10.5. The normalized spacial score (nSPS) is 18.1. The van der Waals surface area contributed by atoms with Crippen molar-refractivity contribution in [2.24, 2.45) is 0 Å². The summed E-state index contributed by atoms with van der Waals surface area (Å²) >= 11 is 0. The first-order valence-electron chi connectivity index (χ1n) is 11.9. The summed E-state index contributed by atoms with van der Waals surface area (Å²) in [7, 11) is -3.71. The van der Waals surface area contributed by atoms with Crippen molar-refractivity contribution in [1.82, 2.24) is 9.62 Å². The van der Waals surface area contributed by atoms with Gasteiger partial charge in [-0.2, -0.15) is 4.31 Å². The van der Waals surface area contributed by atoms with E-state index in [-0.39, 0.29) is 29.3 Å². The zero-order valence-corrected chi connectivity index (χ0v) is 20.5. The molecule has 34 heavy (non-hydrogen) atoms. The molecule has 1 aromatic heterocycles. The summed E-state index contributed by atoms with van der Waals surface area (Å²) < 4.78 is 33.0. The number of amides is 2. The molecule has 0 unspecified atom stereocenters. The molecular formula is C24H32N4O5S. The van der Waals surface area contributed by atoms with Crippen LogP contribution in [0.3, 0.4) is 0 Å². The van der Waals surface area contributed by atoms with Gasteiger partial charge < -0.3 is 14.6 Å². The first kappa shape index (κ1) is 24.3. The van der Waals surface area contributed by atoms with Crippen molar-refractivity contribution in [3.8, 4) is 0 Å². The van der Waals surface area contributed by atoms with Crippen molar-refractivity contribution in [3.05, 3.63) is 42.4 Å². The second-order valence-electron chi connectivity index (χ2n) is 8.55. The molecule has 2 aliphatic heterocycles. The van der Waals surface area contributed by atoms with Crippen LogP contribution in [0.2, 0.25) is 0 Å². The maximum absolute atomic E-state index is 13.5. The first-order valence-corrected chi connectivity index (χ1v) is 13.3. The summed E-state index contributed by atoms with van der Waals surface area (Å²) in [6.07, 6.45) is 4.76. The van der Waals surface area contributed by atoms with E-state index in [2.05, 4.69) is 10.2 Å². The molecule has 1 aromatic carbocycles. The number of rotatable bonds is 9. The molecule has 1 N–H and O–H groups in total. The van der Waals surface area contributed by atoms with E-state index in [1.807, 2.05) is 6.07 Å². The molecule has 0 saturated carbocycles. The molecule has 1 saturated heterocycles. The van der Waals surface area contributed by atoms with E-state index in [9.17, 15) is 18.0 Å². The second kappa shape index (κ2) is 10.2. The maximum Gasteiger partial charge on any atom is 0.250 e. The van der Waals surface area contributed by atoms with E-state index in [1.54, 1.807) is 44.4 Å². The fourth-order valence-corrected chi connectivity index (χ4v) is 6.23. The number of sulfonamides is 1. The Labute approximate surface area is 200 Å². The highest BCUT2D eigenvalue weighted by atomic mass is 32.2. The van der Waals surface area contributed by atoms with Crippen molar-refractivity contribution >= 4 is 33.2 Å². The van der Waals surface area contributed by atoms with E-state index in [0.29, 0.717) is 38.2 Å². The molecule has 9 nitrogen and oxygen atoms in total. The van der Waals surface area contributed by atoms with E-state index >= 15 is 0 Å². The predicted molar refractivity (Wildman–Crippen MR) is 129 cm³/mol. The number of piperidine rings is 1. The fraction of sp³-hybridized carbons (Fsp3) is 0.500. The molecule has 0 aliphatic carbocycles. The van der Waals surface area contributed by atoms with Crippen LogP contribution < -0.4 is 15.1 Å². The lowest BCUT2D eigenvalue weighted by molar-refractivity contribution is -0.125. The minimum Gasteiger partial charge on any atom is -0.469 e. The van der Waals surface area contributed by atoms with Crippen molar-refractivity contribution in [3.63, 3.8) is 0 Å². The molecule has 0 spiro atoms. The molecule has 2 aromatic rings. The summed E-state index contributed by atoms with van der Waals surface area (Å²) in [4.78, 5) is 29.8. The van der Waals surface area contributed by atoms with Crippen LogP contribution in [0.1, 0.15) is 38.9 Å². The summed E-state index contributed by atoms with van der Waals surface area (Å²) in [5.74, 6) is 0.307. The van der Waals surface area contributed by atoms with Crippen LogP contribution >= 0.6 is 0 Å². The van der Waals surface area contributed by atoms with Crippen LogP contribution in [-0.4, -0.2) is 63.3 Å². The molecule has 1 fully saturated rings. The third-order valence-corrected chi connectivity index (χ3v) is 8.57. The topological polar surface area (TPSA) is 103 Å². The van der Waals surface area contributed by atoms with E-state index < -0.39 is 10.0 Å². The molecule has 0 bridgehead atoms. The number of carbonyl (C=O) groups excluding carboxylic acids is 2. The van der Waals surface area contributed by atoms with Crippen LogP contribution in [0.5, 0.6) is 0 Å². The number of hydrogen-bond acceptors (Lipinski definition) is 6. The van der Waals surface area contributed by atoms with Crippen LogP contribution in [-0.2, 0) is 26.0 Å². The Morgan fingerprint density at radius 1 is 1.18 bits per heavy atom. The predicted octanol–water partition coefficient (Wildman–Crippen LogP) is 2.37. The summed E-state index contributed by atoms with van der Waals surface area (Å²) in [5.41, 5.74) is 1.27. The van der Waals surface area contributed by atoms with Gasteiger partial charge in [-0.15, -0.1) is 0 Å². The van der Waals surface area contributed by atoms with Gasteiger partial charge in [0.05, 0.1) is 22.5 Å². The van der Waals surface area contributed by atoms with E-state index in [4.69, 9.17) is 4.42 Å². The van der Waals surface area contributed by atoms with Crippen LogP contribution in [0.25, 0.3) is 0 Å². The summed E-state index contributed by atoms with van der Waals surface area (Å²) in [6.45, 7) is 5.24. The molecule has 0 radical (unpaired) electrons. The van der Waals surface area contributed by atoms with Crippen molar-refractivity contribution in [2.45, 2.75) is 50.5 Å². The molecule has 1 atom stereocenters. The van der Waals surface area contributed by atoms with E-state index in [1.165, 1.54) is 9.21 Å². The van der Waals surface area contributed by atoms with Gasteiger partial charge in [-0.3, -0.25) is 14.5 Å². The highest BCUT2D eigenvalue weighted by molar-refractivity contribution is 7.89. The largest absolute Gasteiger partial charge is 0.469 e.